The summed E-state index contributed by atoms with van der Waals surface area (Å²) in [7, 11) is 0. The van der Waals surface area contributed by atoms with Gasteiger partial charge in [0.1, 0.15) is 0 Å². The van der Waals surface area contributed by atoms with Crippen LogP contribution in [0.1, 0.15) is 25.8 Å². The van der Waals surface area contributed by atoms with Crippen LogP contribution in [0, 0.1) is 5.92 Å². The highest BCUT2D eigenvalue weighted by atomic mass is 35.5. The third kappa shape index (κ3) is 4.65. The zero-order chi connectivity index (χ0) is 11.3. The van der Waals surface area contributed by atoms with E-state index in [1.807, 2.05) is 24.3 Å². The van der Waals surface area contributed by atoms with Crippen molar-refractivity contribution >= 4 is 11.6 Å². The Kier molecular flexibility index (Phi) is 5.09. The van der Waals surface area contributed by atoms with Crippen molar-refractivity contribution in [3.63, 3.8) is 0 Å². The number of nitrogens with one attached hydrogen (secondary N) is 1. The maximum absolute atomic E-state index is 5.83. The third-order valence-electron chi connectivity index (χ3n) is 2.39. The van der Waals surface area contributed by atoms with E-state index in [0.717, 1.165) is 17.9 Å². The molecule has 1 aromatic carbocycles. The lowest BCUT2D eigenvalue weighted by atomic mass is 9.98. The van der Waals surface area contributed by atoms with Crippen LogP contribution in [0.5, 0.6) is 0 Å². The first-order chi connectivity index (χ1) is 7.11. The van der Waals surface area contributed by atoms with Crippen molar-refractivity contribution < 1.29 is 0 Å². The summed E-state index contributed by atoms with van der Waals surface area (Å²) in [5.74, 6) is 6.17. The lowest BCUT2D eigenvalue weighted by Crippen LogP contribution is -2.37. The van der Waals surface area contributed by atoms with Crippen LogP contribution in [0.15, 0.2) is 24.3 Å². The molecule has 0 aliphatic rings. The molecule has 0 saturated carbocycles. The molecule has 3 N–H and O–H groups in total. The lowest BCUT2D eigenvalue weighted by molar-refractivity contribution is 0.423. The van der Waals surface area contributed by atoms with Crippen LogP contribution in [0.25, 0.3) is 0 Å². The average molecular weight is 227 g/mol. The van der Waals surface area contributed by atoms with Gasteiger partial charge in [-0.05, 0) is 36.5 Å². The van der Waals surface area contributed by atoms with E-state index in [4.69, 9.17) is 17.4 Å². The summed E-state index contributed by atoms with van der Waals surface area (Å²) >= 11 is 5.83. The molecule has 1 aromatic rings. The fraction of sp³-hybridized carbons (Fsp3) is 0.500. The van der Waals surface area contributed by atoms with Gasteiger partial charge in [-0.1, -0.05) is 37.6 Å². The summed E-state index contributed by atoms with van der Waals surface area (Å²) in [6.45, 7) is 4.40. The Morgan fingerprint density at radius 2 is 1.87 bits per heavy atom. The minimum absolute atomic E-state index is 0.339. The van der Waals surface area contributed by atoms with Gasteiger partial charge < -0.3 is 0 Å². The first-order valence-corrected chi connectivity index (χ1v) is 5.70. The maximum atomic E-state index is 5.83. The first-order valence-electron chi connectivity index (χ1n) is 5.32. The molecule has 0 fully saturated rings. The molecule has 0 aliphatic heterocycles. The fourth-order valence-corrected chi connectivity index (χ4v) is 1.81. The Morgan fingerprint density at radius 1 is 1.27 bits per heavy atom. The van der Waals surface area contributed by atoms with Crippen molar-refractivity contribution in [2.45, 2.75) is 32.7 Å². The van der Waals surface area contributed by atoms with E-state index >= 15 is 0 Å². The van der Waals surface area contributed by atoms with E-state index in [0.29, 0.717) is 12.0 Å². The molecule has 0 amide bonds. The zero-order valence-electron chi connectivity index (χ0n) is 9.33. The van der Waals surface area contributed by atoms with Gasteiger partial charge in [-0.15, -0.1) is 0 Å². The Hall–Kier alpha value is -0.570. The topological polar surface area (TPSA) is 38.0 Å². The molecule has 0 heterocycles. The molecule has 1 atom stereocenters. The molecule has 0 saturated heterocycles. The summed E-state index contributed by atoms with van der Waals surface area (Å²) < 4.78 is 0. The van der Waals surface area contributed by atoms with Crippen molar-refractivity contribution in [2.75, 3.05) is 0 Å². The van der Waals surface area contributed by atoms with Gasteiger partial charge in [-0.3, -0.25) is 11.3 Å². The molecule has 0 aromatic heterocycles. The monoisotopic (exact) mass is 226 g/mol. The number of rotatable bonds is 5. The summed E-state index contributed by atoms with van der Waals surface area (Å²) in [6, 6.07) is 8.27. The lowest BCUT2D eigenvalue weighted by Gasteiger charge is -2.17. The quantitative estimate of drug-likeness (QED) is 0.599. The van der Waals surface area contributed by atoms with Crippen molar-refractivity contribution in [1.29, 1.82) is 0 Å². The van der Waals surface area contributed by atoms with Crippen LogP contribution < -0.4 is 11.3 Å². The predicted molar refractivity (Wildman–Crippen MR) is 65.7 cm³/mol. The summed E-state index contributed by atoms with van der Waals surface area (Å²) in [5, 5.41) is 0.778. The Morgan fingerprint density at radius 3 is 2.33 bits per heavy atom. The molecule has 0 radical (unpaired) electrons. The highest BCUT2D eigenvalue weighted by Crippen LogP contribution is 2.13. The molecular formula is C12H19ClN2. The summed E-state index contributed by atoms with van der Waals surface area (Å²) in [6.07, 6.45) is 2.03. The number of hydrogen-bond donors (Lipinski definition) is 2. The fourth-order valence-electron chi connectivity index (χ4n) is 1.68. The largest absolute Gasteiger partial charge is 0.271 e. The standard InChI is InChI=1S/C12H19ClN2/c1-9(2)7-12(15-14)8-10-3-5-11(13)6-4-10/h3-6,9,12,15H,7-8,14H2,1-2H3. The second-order valence-corrected chi connectivity index (χ2v) is 4.76. The Bertz CT molecular complexity index is 282. The van der Waals surface area contributed by atoms with Crippen molar-refractivity contribution in [1.82, 2.24) is 5.43 Å². The number of benzene rings is 1. The Labute approximate surface area is 96.8 Å². The molecule has 1 unspecified atom stereocenters. The highest BCUT2D eigenvalue weighted by molar-refractivity contribution is 6.30. The normalized spacial score (nSPS) is 13.1. The van der Waals surface area contributed by atoms with Gasteiger partial charge >= 0.3 is 0 Å². The minimum Gasteiger partial charge on any atom is -0.271 e. The molecule has 0 bridgehead atoms. The number of nitrogens with two attached hydrogens (primary N) is 1. The summed E-state index contributed by atoms with van der Waals surface area (Å²) in [5.41, 5.74) is 4.13. The van der Waals surface area contributed by atoms with Gasteiger partial charge in [0.05, 0.1) is 0 Å². The summed E-state index contributed by atoms with van der Waals surface area (Å²) in [4.78, 5) is 0. The molecule has 84 valence electrons. The van der Waals surface area contributed by atoms with Crippen LogP contribution in [0.4, 0.5) is 0 Å². The molecule has 0 spiro atoms. The predicted octanol–water partition coefficient (Wildman–Crippen LogP) is 2.76. The van der Waals surface area contributed by atoms with Crippen LogP contribution in [-0.2, 0) is 6.42 Å². The Balaban J connectivity index is 2.54. The van der Waals surface area contributed by atoms with E-state index < -0.39 is 0 Å². The van der Waals surface area contributed by atoms with E-state index in [1.165, 1.54) is 5.56 Å². The third-order valence-corrected chi connectivity index (χ3v) is 2.64. The average Bonchev–Trinajstić information content (AvgIpc) is 2.19. The zero-order valence-corrected chi connectivity index (χ0v) is 10.1. The van der Waals surface area contributed by atoms with Gasteiger partial charge in [-0.25, -0.2) is 0 Å². The molecule has 2 nitrogen and oxygen atoms in total. The number of hydrogen-bond acceptors (Lipinski definition) is 2. The highest BCUT2D eigenvalue weighted by Gasteiger charge is 2.09. The van der Waals surface area contributed by atoms with Gasteiger partial charge in [0, 0.05) is 11.1 Å². The number of hydrazine groups is 1. The van der Waals surface area contributed by atoms with E-state index in [-0.39, 0.29) is 0 Å². The molecule has 0 aliphatic carbocycles. The van der Waals surface area contributed by atoms with Gasteiger partial charge in [0.25, 0.3) is 0 Å². The van der Waals surface area contributed by atoms with Crippen molar-refractivity contribution in [2.24, 2.45) is 11.8 Å². The van der Waals surface area contributed by atoms with Gasteiger partial charge in [-0.2, -0.15) is 0 Å². The molecule has 3 heteroatoms. The second kappa shape index (κ2) is 6.11. The van der Waals surface area contributed by atoms with Crippen LogP contribution in [0.2, 0.25) is 5.02 Å². The molecule has 15 heavy (non-hydrogen) atoms. The van der Waals surface area contributed by atoms with E-state index in [2.05, 4.69) is 19.3 Å². The van der Waals surface area contributed by atoms with E-state index in [9.17, 15) is 0 Å². The molecule has 1 rings (SSSR count). The SMILES string of the molecule is CC(C)CC(Cc1ccc(Cl)cc1)NN. The van der Waals surface area contributed by atoms with Crippen molar-refractivity contribution in [3.8, 4) is 0 Å². The van der Waals surface area contributed by atoms with Gasteiger partial charge in [0.2, 0.25) is 0 Å². The van der Waals surface area contributed by atoms with Crippen LogP contribution >= 0.6 is 11.6 Å². The number of halogens is 1. The van der Waals surface area contributed by atoms with Crippen LogP contribution in [0.3, 0.4) is 0 Å². The van der Waals surface area contributed by atoms with Crippen molar-refractivity contribution in [3.05, 3.63) is 34.9 Å². The van der Waals surface area contributed by atoms with E-state index in [1.54, 1.807) is 0 Å². The second-order valence-electron chi connectivity index (χ2n) is 4.32. The van der Waals surface area contributed by atoms with Gasteiger partial charge in [0.15, 0.2) is 0 Å². The van der Waals surface area contributed by atoms with Crippen LogP contribution in [-0.4, -0.2) is 6.04 Å². The first kappa shape index (κ1) is 12.5. The maximum Gasteiger partial charge on any atom is 0.0406 e. The smallest absolute Gasteiger partial charge is 0.0406 e. The molecular weight excluding hydrogens is 208 g/mol. The minimum atomic E-state index is 0.339.